The summed E-state index contributed by atoms with van der Waals surface area (Å²) in [6.45, 7) is 2.56. The Morgan fingerprint density at radius 2 is 2.07 bits per heavy atom. The lowest BCUT2D eigenvalue weighted by Gasteiger charge is -2.42. The fourth-order valence-corrected chi connectivity index (χ4v) is 3.38. The van der Waals surface area contributed by atoms with Gasteiger partial charge >= 0.3 is 5.97 Å². The third-order valence-corrected chi connectivity index (χ3v) is 4.78. The van der Waals surface area contributed by atoms with E-state index in [-0.39, 0.29) is 5.92 Å². The van der Waals surface area contributed by atoms with E-state index in [1.54, 1.807) is 12.2 Å². The summed E-state index contributed by atoms with van der Waals surface area (Å²) in [7, 11) is 0. The van der Waals surface area contributed by atoms with Gasteiger partial charge in [0.15, 0.2) is 0 Å². The summed E-state index contributed by atoms with van der Waals surface area (Å²) >= 11 is 0. The Labute approximate surface area is 155 Å². The first-order chi connectivity index (χ1) is 12.8. The summed E-state index contributed by atoms with van der Waals surface area (Å²) in [6.07, 6.45) is 0.990. The fourth-order valence-electron chi connectivity index (χ4n) is 3.38. The van der Waals surface area contributed by atoms with Gasteiger partial charge in [0.25, 0.3) is 0 Å². The highest BCUT2D eigenvalue weighted by molar-refractivity contribution is 5.84. The highest BCUT2D eigenvalue weighted by Gasteiger charge is 2.46. The Hall–Kier alpha value is -2.20. The zero-order chi connectivity index (χ0) is 19.7. The van der Waals surface area contributed by atoms with E-state index in [2.05, 4.69) is 5.32 Å². The molecule has 0 spiro atoms. The number of rotatable bonds is 4. The normalized spacial score (nSPS) is 38.3. The second kappa shape index (κ2) is 7.81. The van der Waals surface area contributed by atoms with E-state index in [0.717, 1.165) is 5.57 Å². The number of esters is 1. The van der Waals surface area contributed by atoms with Gasteiger partial charge in [0.05, 0.1) is 6.61 Å². The molecule has 2 heterocycles. The molecule has 4 N–H and O–H groups in total. The quantitative estimate of drug-likeness (QED) is 0.450. The molecule has 1 amide bonds. The fraction of sp³-hybridized carbons (Fsp3) is 0.556. The zero-order valence-corrected chi connectivity index (χ0v) is 14.9. The number of amides is 1. The molecule has 0 aromatic heterocycles. The van der Waals surface area contributed by atoms with Crippen LogP contribution in [0.1, 0.15) is 13.8 Å². The molecule has 0 radical (unpaired) electrons. The maximum absolute atomic E-state index is 11.6. The predicted molar refractivity (Wildman–Crippen MR) is 90.8 cm³/mol. The van der Waals surface area contributed by atoms with Crippen molar-refractivity contribution in [2.24, 2.45) is 5.92 Å². The van der Waals surface area contributed by atoms with Crippen LogP contribution in [0.2, 0.25) is 0 Å². The Morgan fingerprint density at radius 3 is 2.74 bits per heavy atom. The Bertz CT molecular complexity index is 699. The largest absolute Gasteiger partial charge is 0.463 e. The number of hydrogen-bond acceptors (Lipinski definition) is 8. The monoisotopic (exact) mass is 381 g/mol. The van der Waals surface area contributed by atoms with Crippen LogP contribution < -0.4 is 5.32 Å². The second-order valence-electron chi connectivity index (χ2n) is 6.79. The van der Waals surface area contributed by atoms with E-state index >= 15 is 0 Å². The van der Waals surface area contributed by atoms with Crippen LogP contribution >= 0.6 is 0 Å². The lowest BCUT2D eigenvalue weighted by Crippen LogP contribution is -2.64. The highest BCUT2D eigenvalue weighted by Crippen LogP contribution is 2.32. The molecular formula is C18H23NO8. The molecule has 0 unspecified atom stereocenters. The van der Waals surface area contributed by atoms with Crippen LogP contribution in [0.4, 0.5) is 0 Å². The molecule has 1 saturated heterocycles. The number of fused-ring (bicyclic) bond motifs is 1. The summed E-state index contributed by atoms with van der Waals surface area (Å²) in [4.78, 5) is 23.1. The number of allylic oxidation sites excluding steroid dienone is 1. The van der Waals surface area contributed by atoms with Crippen molar-refractivity contribution in [1.29, 1.82) is 0 Å². The highest BCUT2D eigenvalue weighted by atomic mass is 16.7. The number of aliphatic hydroxyl groups is 3. The molecular weight excluding hydrogens is 358 g/mol. The van der Waals surface area contributed by atoms with Gasteiger partial charge < -0.3 is 34.8 Å². The van der Waals surface area contributed by atoms with Crippen LogP contribution in [-0.4, -0.2) is 70.6 Å². The molecule has 1 fully saturated rings. The Balaban J connectivity index is 1.78. The maximum Gasteiger partial charge on any atom is 0.331 e. The lowest BCUT2D eigenvalue weighted by molar-refractivity contribution is -0.258. The zero-order valence-electron chi connectivity index (χ0n) is 14.9. The van der Waals surface area contributed by atoms with Gasteiger partial charge in [-0.05, 0) is 19.1 Å². The van der Waals surface area contributed by atoms with Crippen molar-refractivity contribution in [3.05, 3.63) is 35.6 Å². The van der Waals surface area contributed by atoms with Crippen LogP contribution in [0.25, 0.3) is 0 Å². The molecule has 0 bridgehead atoms. The molecule has 0 aromatic carbocycles. The standard InChI is InChI=1S/C18H23NO8/c1-8-5-14(22)26-12-6-10(3-4-11(8)12)25-18-15(19-9(2)21)17(24)16(23)13(7-20)27-18/h3-6,11-13,15-18,20,23-24H,7H2,1-2H3,(H,19,21)/t11-,12-,13+,15-,16-,17+,18-/m0/s1. The molecule has 3 aliphatic rings. The molecule has 0 aromatic rings. The predicted octanol–water partition coefficient (Wildman–Crippen LogP) is -1.11. The minimum absolute atomic E-state index is 0.0916. The number of aliphatic hydroxyl groups excluding tert-OH is 3. The number of hydrogen-bond donors (Lipinski definition) is 4. The van der Waals surface area contributed by atoms with Crippen molar-refractivity contribution < 1.29 is 39.1 Å². The molecule has 1 aliphatic carbocycles. The first-order valence-corrected chi connectivity index (χ1v) is 8.65. The van der Waals surface area contributed by atoms with Crippen LogP contribution in [0.3, 0.4) is 0 Å². The first-order valence-electron chi connectivity index (χ1n) is 8.65. The number of carbonyl (C=O) groups is 2. The SMILES string of the molecule is CC(=O)N[C@@H]1[C@@H](OC2=C[C@@H]3OC(=O)C=C(C)[C@@H]3C=C2)O[C@H](CO)[C@H](O)[C@@H]1O. The van der Waals surface area contributed by atoms with Crippen LogP contribution in [0, 0.1) is 5.92 Å². The van der Waals surface area contributed by atoms with E-state index in [0.29, 0.717) is 5.76 Å². The Morgan fingerprint density at radius 1 is 1.33 bits per heavy atom. The van der Waals surface area contributed by atoms with Gasteiger partial charge in [0, 0.05) is 18.9 Å². The summed E-state index contributed by atoms with van der Waals surface area (Å²) in [6, 6.07) is -1.05. The molecule has 27 heavy (non-hydrogen) atoms. The van der Waals surface area contributed by atoms with E-state index in [1.165, 1.54) is 13.0 Å². The molecule has 148 valence electrons. The molecule has 2 aliphatic heterocycles. The van der Waals surface area contributed by atoms with Crippen molar-refractivity contribution in [3.63, 3.8) is 0 Å². The van der Waals surface area contributed by atoms with E-state index < -0.39 is 55.2 Å². The number of carbonyl (C=O) groups excluding carboxylic acids is 2. The maximum atomic E-state index is 11.6. The smallest absolute Gasteiger partial charge is 0.331 e. The van der Waals surface area contributed by atoms with Crippen LogP contribution in [0.15, 0.2) is 35.6 Å². The molecule has 9 nitrogen and oxygen atoms in total. The van der Waals surface area contributed by atoms with Gasteiger partial charge in [0.2, 0.25) is 12.2 Å². The summed E-state index contributed by atoms with van der Waals surface area (Å²) in [5, 5.41) is 32.2. The van der Waals surface area contributed by atoms with Crippen molar-refractivity contribution in [2.75, 3.05) is 6.61 Å². The molecule has 3 rings (SSSR count). The van der Waals surface area contributed by atoms with E-state index in [4.69, 9.17) is 14.2 Å². The van der Waals surface area contributed by atoms with Gasteiger partial charge in [-0.1, -0.05) is 11.6 Å². The van der Waals surface area contributed by atoms with Gasteiger partial charge in [-0.3, -0.25) is 4.79 Å². The third kappa shape index (κ3) is 4.06. The minimum Gasteiger partial charge on any atom is -0.463 e. The second-order valence-corrected chi connectivity index (χ2v) is 6.79. The van der Waals surface area contributed by atoms with Crippen molar-refractivity contribution >= 4 is 11.9 Å². The average molecular weight is 381 g/mol. The first kappa shape index (κ1) is 19.6. The van der Waals surface area contributed by atoms with Crippen molar-refractivity contribution in [3.8, 4) is 0 Å². The third-order valence-electron chi connectivity index (χ3n) is 4.78. The molecule has 9 heteroatoms. The van der Waals surface area contributed by atoms with Crippen molar-refractivity contribution in [2.45, 2.75) is 50.6 Å². The number of nitrogens with one attached hydrogen (secondary N) is 1. The van der Waals surface area contributed by atoms with Crippen LogP contribution in [0.5, 0.6) is 0 Å². The van der Waals surface area contributed by atoms with Crippen molar-refractivity contribution in [1.82, 2.24) is 5.32 Å². The molecule has 0 saturated carbocycles. The van der Waals surface area contributed by atoms with Gasteiger partial charge in [-0.2, -0.15) is 0 Å². The van der Waals surface area contributed by atoms with E-state index in [1.807, 2.05) is 13.0 Å². The average Bonchev–Trinajstić information content (AvgIpc) is 2.60. The molecule has 7 atom stereocenters. The minimum atomic E-state index is -1.40. The number of ether oxygens (including phenoxy) is 3. The van der Waals surface area contributed by atoms with E-state index in [9.17, 15) is 24.9 Å². The summed E-state index contributed by atoms with van der Waals surface area (Å²) in [5.41, 5.74) is 0.867. The Kier molecular flexibility index (Phi) is 5.66. The topological polar surface area (TPSA) is 135 Å². The summed E-state index contributed by atoms with van der Waals surface area (Å²) < 4.78 is 16.6. The van der Waals surface area contributed by atoms with Gasteiger partial charge in [-0.15, -0.1) is 0 Å². The lowest BCUT2D eigenvalue weighted by atomic mass is 9.88. The van der Waals surface area contributed by atoms with Crippen LogP contribution in [-0.2, 0) is 23.8 Å². The van der Waals surface area contributed by atoms with Gasteiger partial charge in [0.1, 0.15) is 36.2 Å². The van der Waals surface area contributed by atoms with Gasteiger partial charge in [-0.25, -0.2) is 4.79 Å². The summed E-state index contributed by atoms with van der Waals surface area (Å²) in [5.74, 6) is -0.657.